The Morgan fingerprint density at radius 1 is 1.21 bits per heavy atom. The fourth-order valence-electron chi connectivity index (χ4n) is 1.43. The summed E-state index contributed by atoms with van der Waals surface area (Å²) in [5.74, 6) is -0.561. The van der Waals surface area contributed by atoms with Crippen LogP contribution < -0.4 is 5.32 Å². The van der Waals surface area contributed by atoms with Gasteiger partial charge in [-0.05, 0) is 12.5 Å². The first-order valence-electron chi connectivity index (χ1n) is 4.23. The largest absolute Gasteiger partial charge is 0.416 e. The highest BCUT2D eigenvalue weighted by molar-refractivity contribution is 5.99. The lowest BCUT2D eigenvalue weighted by molar-refractivity contribution is -0.139. The highest BCUT2D eigenvalue weighted by atomic mass is 16.6. The van der Waals surface area contributed by atoms with Crippen molar-refractivity contribution in [1.29, 1.82) is 0 Å². The van der Waals surface area contributed by atoms with Gasteiger partial charge in [-0.2, -0.15) is 0 Å². The summed E-state index contributed by atoms with van der Waals surface area (Å²) >= 11 is 0. The number of rotatable bonds is 1. The molecule has 0 unspecified atom stereocenters. The van der Waals surface area contributed by atoms with Crippen molar-refractivity contribution in [3.8, 4) is 0 Å². The second kappa shape index (κ2) is 2.83. The quantitative estimate of drug-likeness (QED) is 0.535. The van der Waals surface area contributed by atoms with Gasteiger partial charge in [0.25, 0.3) is 0 Å². The highest BCUT2D eigenvalue weighted by Crippen LogP contribution is 2.26. The Hall–Kier alpha value is -1.84. The second-order valence-electron chi connectivity index (χ2n) is 3.29. The van der Waals surface area contributed by atoms with Crippen molar-refractivity contribution in [3.05, 3.63) is 35.9 Å². The molecule has 2 rings (SSSR count). The maximum Gasteiger partial charge on any atom is 0.416 e. The molecule has 1 N–H and O–H groups in total. The van der Waals surface area contributed by atoms with Crippen LogP contribution in [0.15, 0.2) is 30.3 Å². The van der Waals surface area contributed by atoms with E-state index in [0.29, 0.717) is 0 Å². The van der Waals surface area contributed by atoms with Crippen LogP contribution in [0.3, 0.4) is 0 Å². The molecular formula is C10H9NO3. The minimum atomic E-state index is -1.04. The SMILES string of the molecule is C[C@@]1(c2ccccc2)NC(=O)OC1=O. The molecule has 0 spiro atoms. The molecule has 1 aliphatic rings. The van der Waals surface area contributed by atoms with Crippen LogP contribution in [0.25, 0.3) is 0 Å². The molecule has 1 amide bonds. The van der Waals surface area contributed by atoms with Gasteiger partial charge < -0.3 is 10.1 Å². The van der Waals surface area contributed by atoms with Crippen LogP contribution in [0.5, 0.6) is 0 Å². The van der Waals surface area contributed by atoms with Gasteiger partial charge in [-0.1, -0.05) is 30.3 Å². The first-order valence-corrected chi connectivity index (χ1v) is 4.23. The Kier molecular flexibility index (Phi) is 1.77. The van der Waals surface area contributed by atoms with E-state index in [1.54, 1.807) is 31.2 Å². The van der Waals surface area contributed by atoms with Gasteiger partial charge in [-0.15, -0.1) is 0 Å². The molecule has 0 bridgehead atoms. The topological polar surface area (TPSA) is 55.4 Å². The van der Waals surface area contributed by atoms with Crippen LogP contribution >= 0.6 is 0 Å². The van der Waals surface area contributed by atoms with E-state index in [-0.39, 0.29) is 0 Å². The zero-order chi connectivity index (χ0) is 10.2. The summed E-state index contributed by atoms with van der Waals surface area (Å²) in [6.45, 7) is 1.62. The highest BCUT2D eigenvalue weighted by Gasteiger charge is 2.45. The van der Waals surface area contributed by atoms with Gasteiger partial charge in [0.05, 0.1) is 0 Å². The van der Waals surface area contributed by atoms with Gasteiger partial charge in [0, 0.05) is 0 Å². The van der Waals surface area contributed by atoms with E-state index >= 15 is 0 Å². The second-order valence-corrected chi connectivity index (χ2v) is 3.29. The molecule has 4 heteroatoms. The fraction of sp³-hybridized carbons (Fsp3) is 0.200. The summed E-state index contributed by atoms with van der Waals surface area (Å²) in [5, 5.41) is 2.49. The summed E-state index contributed by atoms with van der Waals surface area (Å²) < 4.78 is 4.44. The third kappa shape index (κ3) is 1.16. The van der Waals surface area contributed by atoms with Crippen LogP contribution in [-0.4, -0.2) is 12.1 Å². The lowest BCUT2D eigenvalue weighted by atomic mass is 9.93. The van der Waals surface area contributed by atoms with E-state index in [9.17, 15) is 9.59 Å². The Balaban J connectivity index is 2.43. The van der Waals surface area contributed by atoms with Gasteiger partial charge in [-0.3, -0.25) is 0 Å². The number of hydrogen-bond acceptors (Lipinski definition) is 3. The van der Waals surface area contributed by atoms with Crippen LogP contribution in [-0.2, 0) is 15.1 Å². The lowest BCUT2D eigenvalue weighted by Gasteiger charge is -2.18. The van der Waals surface area contributed by atoms with E-state index in [2.05, 4.69) is 10.1 Å². The standard InChI is InChI=1S/C10H9NO3/c1-10(7-5-3-2-4-6-7)8(12)14-9(13)11-10/h2-6H,1H3,(H,11,13)/t10-/m0/s1. The Morgan fingerprint density at radius 2 is 1.86 bits per heavy atom. The molecule has 0 radical (unpaired) electrons. The van der Waals surface area contributed by atoms with Crippen molar-refractivity contribution >= 4 is 12.1 Å². The third-order valence-electron chi connectivity index (χ3n) is 2.30. The predicted molar refractivity (Wildman–Crippen MR) is 48.4 cm³/mol. The van der Waals surface area contributed by atoms with Crippen LogP contribution in [0.1, 0.15) is 12.5 Å². The summed E-state index contributed by atoms with van der Waals surface area (Å²) in [4.78, 5) is 22.3. The Bertz CT molecular complexity index is 388. The van der Waals surface area contributed by atoms with Crippen molar-refractivity contribution in [2.24, 2.45) is 0 Å². The molecule has 1 aromatic carbocycles. The fourth-order valence-corrected chi connectivity index (χ4v) is 1.43. The minimum absolute atomic E-state index is 0.561. The number of cyclic esters (lactones) is 2. The average molecular weight is 191 g/mol. The van der Waals surface area contributed by atoms with E-state index in [0.717, 1.165) is 5.56 Å². The molecule has 72 valence electrons. The number of carbonyl (C=O) groups excluding carboxylic acids is 2. The molecule has 1 atom stereocenters. The van der Waals surface area contributed by atoms with Gasteiger partial charge in [0.1, 0.15) is 0 Å². The van der Waals surface area contributed by atoms with Crippen LogP contribution in [0, 0.1) is 0 Å². The van der Waals surface area contributed by atoms with Crippen LogP contribution in [0.4, 0.5) is 4.79 Å². The van der Waals surface area contributed by atoms with Gasteiger partial charge in [0.2, 0.25) is 0 Å². The number of benzene rings is 1. The predicted octanol–water partition coefficient (Wildman–Crippen LogP) is 1.17. The van der Waals surface area contributed by atoms with E-state index < -0.39 is 17.6 Å². The van der Waals surface area contributed by atoms with Crippen molar-refractivity contribution in [3.63, 3.8) is 0 Å². The average Bonchev–Trinajstić information content (AvgIpc) is 2.43. The summed E-state index contributed by atoms with van der Waals surface area (Å²) in [7, 11) is 0. The molecule has 1 fully saturated rings. The number of alkyl carbamates (subject to hydrolysis) is 1. The lowest BCUT2D eigenvalue weighted by Crippen LogP contribution is -2.39. The number of carbonyl (C=O) groups is 2. The van der Waals surface area contributed by atoms with Crippen LogP contribution in [0.2, 0.25) is 0 Å². The summed E-state index contributed by atoms with van der Waals surface area (Å²) in [6.07, 6.45) is -0.693. The normalized spacial score (nSPS) is 25.8. The van der Waals surface area contributed by atoms with Gasteiger partial charge in [-0.25, -0.2) is 9.59 Å². The Morgan fingerprint density at radius 3 is 2.36 bits per heavy atom. The zero-order valence-corrected chi connectivity index (χ0v) is 7.61. The number of amides is 1. The van der Waals surface area contributed by atoms with E-state index in [1.165, 1.54) is 0 Å². The first-order chi connectivity index (χ1) is 6.63. The molecule has 1 saturated heterocycles. The molecule has 1 aliphatic heterocycles. The van der Waals surface area contributed by atoms with Crippen molar-refractivity contribution in [1.82, 2.24) is 5.32 Å². The number of esters is 1. The van der Waals surface area contributed by atoms with E-state index in [4.69, 9.17) is 0 Å². The number of hydrogen-bond donors (Lipinski definition) is 1. The molecule has 4 nitrogen and oxygen atoms in total. The number of nitrogens with one attached hydrogen (secondary N) is 1. The first kappa shape index (κ1) is 8.74. The Labute approximate surface area is 80.9 Å². The smallest absolute Gasteiger partial charge is 0.374 e. The number of ether oxygens (including phenoxy) is 1. The van der Waals surface area contributed by atoms with E-state index in [1.807, 2.05) is 6.07 Å². The molecule has 1 aromatic rings. The minimum Gasteiger partial charge on any atom is -0.374 e. The van der Waals surface area contributed by atoms with Gasteiger partial charge in [0.15, 0.2) is 5.54 Å². The third-order valence-corrected chi connectivity index (χ3v) is 2.30. The molecule has 14 heavy (non-hydrogen) atoms. The molecule has 0 saturated carbocycles. The maximum atomic E-state index is 11.4. The zero-order valence-electron chi connectivity index (χ0n) is 7.61. The molecule has 0 aromatic heterocycles. The van der Waals surface area contributed by atoms with Crippen molar-refractivity contribution < 1.29 is 14.3 Å². The maximum absolute atomic E-state index is 11.4. The molecule has 1 heterocycles. The van der Waals surface area contributed by atoms with Gasteiger partial charge >= 0.3 is 12.1 Å². The molecular weight excluding hydrogens is 182 g/mol. The molecule has 0 aliphatic carbocycles. The summed E-state index contributed by atoms with van der Waals surface area (Å²) in [6, 6.07) is 8.99. The summed E-state index contributed by atoms with van der Waals surface area (Å²) in [5.41, 5.74) is -0.325. The monoisotopic (exact) mass is 191 g/mol. The van der Waals surface area contributed by atoms with Crippen molar-refractivity contribution in [2.75, 3.05) is 0 Å². The van der Waals surface area contributed by atoms with Crippen molar-refractivity contribution in [2.45, 2.75) is 12.5 Å².